The van der Waals surface area contributed by atoms with E-state index in [9.17, 15) is 9.59 Å². The zero-order valence-corrected chi connectivity index (χ0v) is 29.5. The molecule has 252 valence electrons. The Morgan fingerprint density at radius 2 is 1.58 bits per heavy atom. The number of fused-ring (bicyclic) bond motifs is 1. The van der Waals surface area contributed by atoms with E-state index in [4.69, 9.17) is 32.9 Å². The minimum absolute atomic E-state index is 0.00436. The van der Waals surface area contributed by atoms with Gasteiger partial charge in [-0.25, -0.2) is 9.97 Å². The average Bonchev–Trinajstić information content (AvgIpc) is 3.41. The van der Waals surface area contributed by atoms with Gasteiger partial charge in [-0.15, -0.1) is 0 Å². The van der Waals surface area contributed by atoms with Crippen LogP contribution in [-0.4, -0.2) is 87.9 Å². The quantitative estimate of drug-likeness (QED) is 0.242. The van der Waals surface area contributed by atoms with Gasteiger partial charge in [0.05, 0.1) is 34.2 Å². The van der Waals surface area contributed by atoms with Crippen LogP contribution in [0.2, 0.25) is 10.0 Å². The highest BCUT2D eigenvalue weighted by Crippen LogP contribution is 2.41. The number of carbonyl (C=O) groups excluding carboxylic acids is 2. The molecule has 0 spiro atoms. The summed E-state index contributed by atoms with van der Waals surface area (Å²) in [7, 11) is 5.54. The molecule has 2 aliphatic rings. The maximum Gasteiger partial charge on any atom is 0.291 e. The van der Waals surface area contributed by atoms with Crippen molar-refractivity contribution in [3.05, 3.63) is 81.4 Å². The molecule has 12 heteroatoms. The van der Waals surface area contributed by atoms with Crippen LogP contribution in [0.3, 0.4) is 0 Å². The second kappa shape index (κ2) is 14.3. The lowest BCUT2D eigenvalue weighted by atomic mass is 10.00. The number of aromatic nitrogens is 3. The summed E-state index contributed by atoms with van der Waals surface area (Å²) in [5.74, 6) is 0.759. The minimum atomic E-state index is -0.323. The number of rotatable bonds is 8. The number of hydrogen-bond donors (Lipinski definition) is 1. The fourth-order valence-corrected chi connectivity index (χ4v) is 7.06. The SMILES string of the molecule is COc1nc(-c2cccc(-c3cccc(NC(=O)c4nc5c(n4C)CCN(C)C5)c3Cl)c2Cl)ccc1CN1CCN(C(=O)C(C)C)CC1. The zero-order valence-electron chi connectivity index (χ0n) is 28.0. The van der Waals surface area contributed by atoms with Crippen molar-refractivity contribution in [1.82, 2.24) is 29.2 Å². The van der Waals surface area contributed by atoms with Crippen LogP contribution in [0.15, 0.2) is 48.5 Å². The van der Waals surface area contributed by atoms with E-state index in [1.165, 1.54) is 0 Å². The molecule has 4 heterocycles. The average molecular weight is 691 g/mol. The normalized spacial score (nSPS) is 15.5. The Labute approximate surface area is 291 Å². The van der Waals surface area contributed by atoms with Crippen molar-refractivity contribution in [2.75, 3.05) is 52.2 Å². The van der Waals surface area contributed by atoms with E-state index in [1.54, 1.807) is 13.2 Å². The first-order chi connectivity index (χ1) is 23.0. The number of pyridine rings is 1. The van der Waals surface area contributed by atoms with Crippen LogP contribution in [0.25, 0.3) is 22.4 Å². The molecule has 0 atom stereocenters. The van der Waals surface area contributed by atoms with Crippen LogP contribution in [0, 0.1) is 5.92 Å². The van der Waals surface area contributed by atoms with Crippen molar-refractivity contribution in [2.24, 2.45) is 13.0 Å². The van der Waals surface area contributed by atoms with Gasteiger partial charge in [0.15, 0.2) is 5.82 Å². The molecule has 0 unspecified atom stereocenters. The fraction of sp³-hybridized carbons (Fsp3) is 0.389. The molecule has 2 aromatic heterocycles. The van der Waals surface area contributed by atoms with E-state index in [1.807, 2.05) is 79.9 Å². The van der Waals surface area contributed by atoms with Gasteiger partial charge in [0.1, 0.15) is 0 Å². The van der Waals surface area contributed by atoms with E-state index < -0.39 is 0 Å². The second-order valence-corrected chi connectivity index (χ2v) is 13.5. The lowest BCUT2D eigenvalue weighted by molar-refractivity contribution is -0.136. The van der Waals surface area contributed by atoms with Gasteiger partial charge in [0, 0.05) is 93.1 Å². The van der Waals surface area contributed by atoms with Gasteiger partial charge < -0.3 is 24.4 Å². The number of ether oxygens (including phenoxy) is 1. The Morgan fingerprint density at radius 1 is 0.896 bits per heavy atom. The Balaban J connectivity index is 1.21. The van der Waals surface area contributed by atoms with Gasteiger partial charge in [-0.1, -0.05) is 73.4 Å². The summed E-state index contributed by atoms with van der Waals surface area (Å²) in [6, 6.07) is 15.2. The number of halogens is 2. The molecule has 0 radical (unpaired) electrons. The number of likely N-dealkylation sites (N-methyl/N-ethyl adjacent to an activating group) is 1. The number of nitrogens with zero attached hydrogens (tertiary/aromatic N) is 6. The minimum Gasteiger partial charge on any atom is -0.481 e. The van der Waals surface area contributed by atoms with Crippen molar-refractivity contribution in [2.45, 2.75) is 33.4 Å². The lowest BCUT2D eigenvalue weighted by Crippen LogP contribution is -2.49. The van der Waals surface area contributed by atoms with E-state index in [2.05, 4.69) is 20.1 Å². The third-order valence-corrected chi connectivity index (χ3v) is 9.98. The predicted molar refractivity (Wildman–Crippen MR) is 190 cm³/mol. The smallest absolute Gasteiger partial charge is 0.291 e. The largest absolute Gasteiger partial charge is 0.481 e. The maximum atomic E-state index is 13.4. The molecule has 2 aliphatic heterocycles. The second-order valence-electron chi connectivity index (χ2n) is 12.8. The molecule has 4 aromatic rings. The first-order valence-corrected chi connectivity index (χ1v) is 17.0. The van der Waals surface area contributed by atoms with Crippen molar-refractivity contribution in [3.8, 4) is 28.3 Å². The first-order valence-electron chi connectivity index (χ1n) is 16.2. The molecule has 2 aromatic carbocycles. The maximum absolute atomic E-state index is 13.4. The molecule has 0 aliphatic carbocycles. The van der Waals surface area contributed by atoms with Crippen LogP contribution in [0.4, 0.5) is 5.69 Å². The fourth-order valence-electron chi connectivity index (χ4n) is 6.46. The summed E-state index contributed by atoms with van der Waals surface area (Å²) < 4.78 is 7.60. The van der Waals surface area contributed by atoms with Gasteiger partial charge in [-0.3, -0.25) is 14.5 Å². The molecular weight excluding hydrogens is 649 g/mol. The van der Waals surface area contributed by atoms with Crippen LogP contribution in [-0.2, 0) is 31.4 Å². The highest BCUT2D eigenvalue weighted by atomic mass is 35.5. The lowest BCUT2D eigenvalue weighted by Gasteiger charge is -2.35. The van der Waals surface area contributed by atoms with Crippen molar-refractivity contribution < 1.29 is 14.3 Å². The number of nitrogens with one attached hydrogen (secondary N) is 1. The topological polar surface area (TPSA) is 95.8 Å². The number of carbonyl (C=O) groups is 2. The van der Waals surface area contributed by atoms with E-state index in [0.717, 1.165) is 48.6 Å². The molecule has 1 saturated heterocycles. The zero-order chi connectivity index (χ0) is 34.1. The number of piperazine rings is 1. The number of anilines is 1. The molecule has 0 bridgehead atoms. The highest BCUT2D eigenvalue weighted by molar-refractivity contribution is 6.39. The van der Waals surface area contributed by atoms with Gasteiger partial charge in [-0.05, 0) is 19.2 Å². The summed E-state index contributed by atoms with van der Waals surface area (Å²) in [5, 5.41) is 3.83. The summed E-state index contributed by atoms with van der Waals surface area (Å²) in [6.07, 6.45) is 0.843. The van der Waals surface area contributed by atoms with Gasteiger partial charge in [-0.2, -0.15) is 0 Å². The van der Waals surface area contributed by atoms with Crippen molar-refractivity contribution in [3.63, 3.8) is 0 Å². The summed E-state index contributed by atoms with van der Waals surface area (Å²) >= 11 is 14.0. The van der Waals surface area contributed by atoms with E-state index >= 15 is 0 Å². The number of imidazole rings is 1. The van der Waals surface area contributed by atoms with Crippen molar-refractivity contribution in [1.29, 1.82) is 0 Å². The Bertz CT molecular complexity index is 1850. The third kappa shape index (κ3) is 6.80. The van der Waals surface area contributed by atoms with Gasteiger partial charge in [0.25, 0.3) is 5.91 Å². The number of methoxy groups -OCH3 is 1. The van der Waals surface area contributed by atoms with Crippen LogP contribution in [0.1, 0.15) is 41.4 Å². The standard InChI is InChI=1S/C36H41Cl2N7O3/c1-22(2)36(47)45-18-16-44(17-19-45)20-23-12-13-27(41-35(23)48-5)26-10-6-8-24(31(26)37)25-9-7-11-28(32(25)38)40-34(46)33-39-29-21-42(3)15-14-30(29)43(33)4/h6-13,22H,14-21H2,1-5H3,(H,40,46). The molecule has 10 nitrogen and oxygen atoms in total. The molecule has 48 heavy (non-hydrogen) atoms. The number of benzene rings is 2. The molecular formula is C36H41Cl2N7O3. The molecule has 6 rings (SSSR count). The number of amides is 2. The number of hydrogen-bond acceptors (Lipinski definition) is 7. The monoisotopic (exact) mass is 689 g/mol. The van der Waals surface area contributed by atoms with Crippen LogP contribution >= 0.6 is 23.2 Å². The summed E-state index contributed by atoms with van der Waals surface area (Å²) in [4.78, 5) is 41.7. The van der Waals surface area contributed by atoms with Crippen LogP contribution < -0.4 is 10.1 Å². The van der Waals surface area contributed by atoms with Crippen LogP contribution in [0.5, 0.6) is 5.88 Å². The first kappa shape index (κ1) is 33.9. The van der Waals surface area contributed by atoms with Gasteiger partial charge in [0.2, 0.25) is 11.8 Å². The summed E-state index contributed by atoms with van der Waals surface area (Å²) in [5.41, 5.74) is 6.23. The van der Waals surface area contributed by atoms with Crippen molar-refractivity contribution >= 4 is 40.7 Å². The molecule has 1 fully saturated rings. The van der Waals surface area contributed by atoms with Gasteiger partial charge >= 0.3 is 0 Å². The third-order valence-electron chi connectivity index (χ3n) is 9.17. The Morgan fingerprint density at radius 3 is 2.29 bits per heavy atom. The van der Waals surface area contributed by atoms with E-state index in [0.29, 0.717) is 70.4 Å². The molecule has 1 N–H and O–H groups in total. The van der Waals surface area contributed by atoms with E-state index in [-0.39, 0.29) is 17.7 Å². The highest BCUT2D eigenvalue weighted by Gasteiger charge is 2.26. The summed E-state index contributed by atoms with van der Waals surface area (Å²) in [6.45, 7) is 9.19. The predicted octanol–water partition coefficient (Wildman–Crippen LogP) is 6.00. The Kier molecular flexibility index (Phi) is 10.1. The molecule has 2 amide bonds. The Hall–Kier alpha value is -3.96. The molecule has 0 saturated carbocycles.